The predicted molar refractivity (Wildman–Crippen MR) is 44.1 cm³/mol. The van der Waals surface area contributed by atoms with E-state index < -0.39 is 28.7 Å². The molecule has 0 aromatic carbocycles. The van der Waals surface area contributed by atoms with Crippen LogP contribution in [0.2, 0.25) is 0 Å². The monoisotopic (exact) mass is 223 g/mol. The molecule has 0 aliphatic heterocycles. The van der Waals surface area contributed by atoms with Crippen LogP contribution in [0.4, 0.5) is 13.2 Å². The summed E-state index contributed by atoms with van der Waals surface area (Å²) in [6.45, 7) is 1.38. The summed E-state index contributed by atoms with van der Waals surface area (Å²) in [5.41, 5.74) is -1.65. The fraction of sp³-hybridized carbons (Fsp3) is 0.250. The zero-order valence-electron chi connectivity index (χ0n) is 7.02. The summed E-state index contributed by atoms with van der Waals surface area (Å²) in [5, 5.41) is -1.19. The molecule has 0 spiro atoms. The van der Waals surface area contributed by atoms with Gasteiger partial charge in [-0.3, -0.25) is 4.79 Å². The van der Waals surface area contributed by atoms with Gasteiger partial charge in [0.1, 0.15) is 11.5 Å². The highest BCUT2D eigenvalue weighted by Gasteiger charge is 2.23. The maximum atomic E-state index is 13.0. The van der Waals surface area contributed by atoms with E-state index in [9.17, 15) is 18.0 Å². The number of aryl methyl sites for hydroxylation is 1. The number of hydrogen-bond donors (Lipinski definition) is 0. The van der Waals surface area contributed by atoms with Crippen LogP contribution in [0.25, 0.3) is 0 Å². The Balaban J connectivity index is 3.44. The molecule has 0 radical (unpaired) electrons. The molecule has 14 heavy (non-hydrogen) atoms. The highest BCUT2D eigenvalue weighted by Crippen LogP contribution is 2.26. The number of aromatic nitrogens is 1. The number of nitrogens with zero attached hydrogens (tertiary/aromatic N) is 1. The van der Waals surface area contributed by atoms with Gasteiger partial charge in [0.15, 0.2) is 0 Å². The van der Waals surface area contributed by atoms with Crippen LogP contribution in [0, 0.1) is 12.7 Å². The van der Waals surface area contributed by atoms with E-state index in [1.807, 2.05) is 0 Å². The summed E-state index contributed by atoms with van der Waals surface area (Å²) in [7, 11) is 0. The van der Waals surface area contributed by atoms with Crippen LogP contribution in [0.15, 0.2) is 6.07 Å². The van der Waals surface area contributed by atoms with Crippen molar-refractivity contribution >= 4 is 16.8 Å². The number of pyridine rings is 1. The molecule has 0 amide bonds. The minimum atomic E-state index is -3.11. The van der Waals surface area contributed by atoms with E-state index in [0.717, 1.165) is 6.07 Å². The maximum absolute atomic E-state index is 13.0. The Morgan fingerprint density at radius 3 is 2.57 bits per heavy atom. The van der Waals surface area contributed by atoms with Crippen LogP contribution in [0.5, 0.6) is 0 Å². The molecule has 6 heteroatoms. The molecule has 1 aromatic heterocycles. The number of halogens is 4. The zero-order chi connectivity index (χ0) is 10.9. The quantitative estimate of drug-likeness (QED) is 0.722. The maximum Gasteiger partial charge on any atom is 0.271 e. The van der Waals surface area contributed by atoms with E-state index in [-0.39, 0.29) is 5.69 Å². The third-order valence-corrected chi connectivity index (χ3v) is 1.72. The van der Waals surface area contributed by atoms with Crippen LogP contribution in [0.1, 0.15) is 28.2 Å². The lowest BCUT2D eigenvalue weighted by Crippen LogP contribution is -2.06. The van der Waals surface area contributed by atoms with Crippen LogP contribution >= 0.6 is 11.6 Å². The Morgan fingerprint density at radius 1 is 1.57 bits per heavy atom. The average Bonchev–Trinajstić information content (AvgIpc) is 2.01. The third-order valence-electron chi connectivity index (χ3n) is 1.54. The second-order valence-electron chi connectivity index (χ2n) is 2.58. The molecule has 0 unspecified atom stereocenters. The van der Waals surface area contributed by atoms with Gasteiger partial charge >= 0.3 is 0 Å². The van der Waals surface area contributed by atoms with E-state index >= 15 is 0 Å². The van der Waals surface area contributed by atoms with E-state index in [1.54, 1.807) is 0 Å². The third kappa shape index (κ3) is 2.04. The molecule has 0 N–H and O–H groups in total. The van der Waals surface area contributed by atoms with Crippen molar-refractivity contribution in [2.24, 2.45) is 0 Å². The fourth-order valence-corrected chi connectivity index (χ4v) is 1.14. The number of carbonyl (C=O) groups excluding carboxylic acids is 1. The molecule has 0 saturated heterocycles. The van der Waals surface area contributed by atoms with Crippen molar-refractivity contribution in [2.45, 2.75) is 13.3 Å². The van der Waals surface area contributed by atoms with Crippen molar-refractivity contribution in [3.05, 3.63) is 28.8 Å². The van der Waals surface area contributed by atoms with Gasteiger partial charge in [0, 0.05) is 5.69 Å². The van der Waals surface area contributed by atoms with Crippen molar-refractivity contribution < 1.29 is 18.0 Å². The summed E-state index contributed by atoms with van der Waals surface area (Å²) >= 11 is 4.99. The van der Waals surface area contributed by atoms with Crippen LogP contribution in [0.3, 0.4) is 0 Å². The Kier molecular flexibility index (Phi) is 3.10. The highest BCUT2D eigenvalue weighted by molar-refractivity contribution is 6.67. The molecule has 1 aromatic rings. The Bertz CT molecular complexity index is 381. The predicted octanol–water partition coefficient (Wildman–Crippen LogP) is 2.85. The lowest BCUT2D eigenvalue weighted by atomic mass is 10.2. The lowest BCUT2D eigenvalue weighted by molar-refractivity contribution is 0.105. The minimum Gasteiger partial charge on any atom is -0.274 e. The Labute approximate surface area is 82.7 Å². The molecule has 1 heterocycles. The first-order chi connectivity index (χ1) is 6.43. The molecule has 2 nitrogen and oxygen atoms in total. The topological polar surface area (TPSA) is 30.0 Å². The molecular weight excluding hydrogens is 219 g/mol. The van der Waals surface area contributed by atoms with Gasteiger partial charge in [0.2, 0.25) is 0 Å². The van der Waals surface area contributed by atoms with Crippen molar-refractivity contribution in [3.63, 3.8) is 0 Å². The van der Waals surface area contributed by atoms with Crippen LogP contribution < -0.4 is 0 Å². The molecule has 76 valence electrons. The van der Waals surface area contributed by atoms with Crippen molar-refractivity contribution in [3.8, 4) is 0 Å². The SMILES string of the molecule is Cc1cc(F)c(C(F)F)c(C(=O)Cl)n1. The smallest absolute Gasteiger partial charge is 0.271 e. The first kappa shape index (κ1) is 11.0. The molecular formula is C8H5ClF3NO. The molecule has 0 saturated carbocycles. The van der Waals surface area contributed by atoms with Crippen molar-refractivity contribution in [1.82, 2.24) is 4.98 Å². The molecule has 0 aliphatic carbocycles. The van der Waals surface area contributed by atoms with Crippen molar-refractivity contribution in [1.29, 1.82) is 0 Å². The molecule has 0 fully saturated rings. The zero-order valence-corrected chi connectivity index (χ0v) is 7.78. The highest BCUT2D eigenvalue weighted by atomic mass is 35.5. The largest absolute Gasteiger partial charge is 0.274 e. The van der Waals surface area contributed by atoms with Gasteiger partial charge in [-0.05, 0) is 24.6 Å². The second kappa shape index (κ2) is 3.96. The Hall–Kier alpha value is -1.10. The first-order valence-corrected chi connectivity index (χ1v) is 3.96. The van der Waals surface area contributed by atoms with Gasteiger partial charge in [0.25, 0.3) is 11.7 Å². The standard InChI is InChI=1S/C8H5ClF3NO/c1-3-2-4(10)5(8(11)12)6(13-3)7(9)14/h2,8H,1H3. The summed E-state index contributed by atoms with van der Waals surface area (Å²) in [6, 6.07) is 0.824. The number of alkyl halides is 2. The minimum absolute atomic E-state index is 0.121. The lowest BCUT2D eigenvalue weighted by Gasteiger charge is -2.06. The van der Waals surface area contributed by atoms with Gasteiger partial charge in [-0.15, -0.1) is 0 Å². The van der Waals surface area contributed by atoms with Gasteiger partial charge in [0.05, 0.1) is 5.56 Å². The summed E-state index contributed by atoms with van der Waals surface area (Å²) in [4.78, 5) is 14.1. The summed E-state index contributed by atoms with van der Waals surface area (Å²) in [6.07, 6.45) is -3.11. The average molecular weight is 224 g/mol. The van der Waals surface area contributed by atoms with Crippen LogP contribution in [-0.2, 0) is 0 Å². The fourth-order valence-electron chi connectivity index (χ4n) is 1.00. The molecule has 0 atom stereocenters. The first-order valence-electron chi connectivity index (χ1n) is 3.58. The van der Waals surface area contributed by atoms with Crippen molar-refractivity contribution in [2.75, 3.05) is 0 Å². The van der Waals surface area contributed by atoms with E-state index in [1.165, 1.54) is 6.92 Å². The van der Waals surface area contributed by atoms with Gasteiger partial charge < -0.3 is 0 Å². The van der Waals surface area contributed by atoms with Crippen LogP contribution in [-0.4, -0.2) is 10.2 Å². The van der Waals surface area contributed by atoms with Gasteiger partial charge in [-0.25, -0.2) is 18.2 Å². The Morgan fingerprint density at radius 2 is 2.14 bits per heavy atom. The molecule has 1 rings (SSSR count). The van der Waals surface area contributed by atoms with E-state index in [0.29, 0.717) is 0 Å². The summed E-state index contributed by atoms with van der Waals surface area (Å²) in [5.74, 6) is -1.17. The number of rotatable bonds is 2. The summed E-state index contributed by atoms with van der Waals surface area (Å²) < 4.78 is 37.6. The van der Waals surface area contributed by atoms with E-state index in [4.69, 9.17) is 11.6 Å². The number of hydrogen-bond acceptors (Lipinski definition) is 2. The second-order valence-corrected chi connectivity index (χ2v) is 2.93. The number of carbonyl (C=O) groups is 1. The molecule has 0 aliphatic rings. The van der Waals surface area contributed by atoms with Gasteiger partial charge in [-0.1, -0.05) is 0 Å². The molecule has 0 bridgehead atoms. The normalized spacial score (nSPS) is 10.7. The van der Waals surface area contributed by atoms with E-state index in [2.05, 4.69) is 4.98 Å². The van der Waals surface area contributed by atoms with Gasteiger partial charge in [-0.2, -0.15) is 0 Å².